The van der Waals surface area contributed by atoms with Crippen LogP contribution in [0.4, 0.5) is 0 Å². The van der Waals surface area contributed by atoms with Gasteiger partial charge in [0, 0.05) is 20.1 Å². The van der Waals surface area contributed by atoms with E-state index in [2.05, 4.69) is 4.72 Å². The Labute approximate surface area is 154 Å². The van der Waals surface area contributed by atoms with E-state index in [-0.39, 0.29) is 12.5 Å². The number of carboxylic acids is 1. The Morgan fingerprint density at radius 2 is 1.73 bits per heavy atom. The van der Waals surface area contributed by atoms with Crippen molar-refractivity contribution in [3.05, 3.63) is 0 Å². The van der Waals surface area contributed by atoms with Gasteiger partial charge >= 0.3 is 5.97 Å². The van der Waals surface area contributed by atoms with Crippen LogP contribution in [0.1, 0.15) is 33.6 Å². The summed E-state index contributed by atoms with van der Waals surface area (Å²) in [5.74, 6) is -2.07. The van der Waals surface area contributed by atoms with Crippen molar-refractivity contribution in [2.24, 2.45) is 11.3 Å². The van der Waals surface area contributed by atoms with Crippen molar-refractivity contribution in [2.45, 2.75) is 39.7 Å². The minimum Gasteiger partial charge on any atom is -0.481 e. The highest BCUT2D eigenvalue weighted by atomic mass is 32.2. The topological polar surface area (TPSA) is 124 Å². The van der Waals surface area contributed by atoms with Crippen molar-refractivity contribution in [1.82, 2.24) is 14.5 Å². The highest BCUT2D eigenvalue weighted by Crippen LogP contribution is 2.22. The van der Waals surface area contributed by atoms with Crippen LogP contribution in [0.2, 0.25) is 0 Å². The maximum absolute atomic E-state index is 12.7. The fourth-order valence-electron chi connectivity index (χ4n) is 2.79. The average molecular weight is 391 g/mol. The van der Waals surface area contributed by atoms with Gasteiger partial charge in [0.15, 0.2) is 0 Å². The monoisotopic (exact) mass is 391 g/mol. The number of sulfonamides is 1. The first kappa shape index (κ1) is 22.4. The summed E-state index contributed by atoms with van der Waals surface area (Å²) in [5, 5.41) is 9.00. The van der Waals surface area contributed by atoms with E-state index in [0.29, 0.717) is 25.9 Å². The number of aliphatic carboxylic acids is 1. The van der Waals surface area contributed by atoms with Crippen molar-refractivity contribution < 1.29 is 27.9 Å². The van der Waals surface area contributed by atoms with Gasteiger partial charge in [0.25, 0.3) is 0 Å². The van der Waals surface area contributed by atoms with Crippen molar-refractivity contribution in [1.29, 1.82) is 0 Å². The van der Waals surface area contributed by atoms with Gasteiger partial charge in [-0.2, -0.15) is 0 Å². The number of carbonyl (C=O) groups is 3. The molecule has 1 heterocycles. The summed E-state index contributed by atoms with van der Waals surface area (Å²) in [5.41, 5.74) is -0.669. The number of hydrogen-bond acceptors (Lipinski definition) is 5. The largest absolute Gasteiger partial charge is 0.481 e. The molecule has 10 heteroatoms. The van der Waals surface area contributed by atoms with Gasteiger partial charge in [0.1, 0.15) is 6.04 Å². The number of carbonyl (C=O) groups excluding carboxylic acids is 2. The second-order valence-corrected chi connectivity index (χ2v) is 9.66. The van der Waals surface area contributed by atoms with Crippen LogP contribution >= 0.6 is 0 Å². The molecule has 26 heavy (non-hydrogen) atoms. The summed E-state index contributed by atoms with van der Waals surface area (Å²) in [6, 6.07) is -0.993. The minimum absolute atomic E-state index is 0.186. The molecule has 2 amide bonds. The molecule has 1 atom stereocenters. The second-order valence-electron chi connectivity index (χ2n) is 7.88. The number of amides is 2. The fraction of sp³-hybridized carbons (Fsp3) is 0.812. The molecule has 150 valence electrons. The van der Waals surface area contributed by atoms with E-state index in [4.69, 9.17) is 5.11 Å². The summed E-state index contributed by atoms with van der Waals surface area (Å²) in [4.78, 5) is 38.8. The van der Waals surface area contributed by atoms with E-state index < -0.39 is 39.3 Å². The molecule has 1 rings (SSSR count). The highest BCUT2D eigenvalue weighted by molar-refractivity contribution is 7.88. The Bertz CT molecular complexity index is 647. The Morgan fingerprint density at radius 3 is 2.12 bits per heavy atom. The Hall–Kier alpha value is -1.68. The van der Waals surface area contributed by atoms with E-state index in [0.717, 1.165) is 6.26 Å². The highest BCUT2D eigenvalue weighted by Gasteiger charge is 2.36. The van der Waals surface area contributed by atoms with Crippen molar-refractivity contribution >= 4 is 27.8 Å². The third-order valence-electron chi connectivity index (χ3n) is 4.39. The predicted molar refractivity (Wildman–Crippen MR) is 95.8 cm³/mol. The number of likely N-dealkylation sites (N-methyl/N-ethyl adjacent to an activating group) is 1. The molecule has 9 nitrogen and oxygen atoms in total. The molecule has 0 saturated carbocycles. The number of piperidine rings is 1. The molecule has 1 aliphatic rings. The molecule has 2 N–H and O–H groups in total. The molecule has 0 aromatic heterocycles. The molecule has 0 aromatic carbocycles. The zero-order valence-corrected chi connectivity index (χ0v) is 16.8. The predicted octanol–water partition coefficient (Wildman–Crippen LogP) is -0.268. The first-order valence-corrected chi connectivity index (χ1v) is 10.3. The molecule has 0 aliphatic carbocycles. The number of nitrogens with zero attached hydrogens (tertiary/aromatic N) is 2. The van der Waals surface area contributed by atoms with Gasteiger partial charge in [-0.15, -0.1) is 0 Å². The molecular formula is C16H29N3O6S. The van der Waals surface area contributed by atoms with Crippen molar-refractivity contribution in [3.8, 4) is 0 Å². The normalized spacial score (nSPS) is 17.7. The molecule has 1 aliphatic heterocycles. The number of nitrogens with one attached hydrogen (secondary N) is 1. The lowest BCUT2D eigenvalue weighted by atomic mass is 9.86. The zero-order chi connectivity index (χ0) is 20.3. The molecule has 1 fully saturated rings. The van der Waals surface area contributed by atoms with Crippen LogP contribution in [-0.2, 0) is 24.4 Å². The lowest BCUT2D eigenvalue weighted by Gasteiger charge is -2.34. The van der Waals surface area contributed by atoms with E-state index in [1.54, 1.807) is 25.7 Å². The molecule has 0 bridgehead atoms. The van der Waals surface area contributed by atoms with Crippen LogP contribution in [0.25, 0.3) is 0 Å². The van der Waals surface area contributed by atoms with Gasteiger partial charge in [-0.05, 0) is 18.3 Å². The molecular weight excluding hydrogens is 362 g/mol. The Kier molecular flexibility index (Phi) is 7.17. The maximum atomic E-state index is 12.7. The van der Waals surface area contributed by atoms with E-state index in [1.807, 2.05) is 0 Å². The smallest absolute Gasteiger partial charge is 0.306 e. The van der Waals surface area contributed by atoms with Crippen molar-refractivity contribution in [2.75, 3.05) is 32.9 Å². The molecule has 1 unspecified atom stereocenters. The van der Waals surface area contributed by atoms with E-state index in [9.17, 15) is 22.8 Å². The van der Waals surface area contributed by atoms with Gasteiger partial charge in [-0.1, -0.05) is 20.8 Å². The molecule has 1 saturated heterocycles. The van der Waals surface area contributed by atoms with Crippen molar-refractivity contribution in [3.63, 3.8) is 0 Å². The first-order valence-electron chi connectivity index (χ1n) is 8.45. The maximum Gasteiger partial charge on any atom is 0.306 e. The molecule has 0 aromatic rings. The van der Waals surface area contributed by atoms with E-state index in [1.165, 1.54) is 11.9 Å². The van der Waals surface area contributed by atoms with Gasteiger partial charge in [-0.3, -0.25) is 14.4 Å². The SMILES string of the molecule is CN(CC(=O)N1CCC(C(=O)O)CC1)C(=O)C(NS(C)(=O)=O)C(C)(C)C. The summed E-state index contributed by atoms with van der Waals surface area (Å²) in [6.07, 6.45) is 1.76. The fourth-order valence-corrected chi connectivity index (χ4v) is 3.67. The zero-order valence-electron chi connectivity index (χ0n) is 16.0. The molecule has 0 radical (unpaired) electrons. The lowest BCUT2D eigenvalue weighted by Crippen LogP contribution is -2.55. The van der Waals surface area contributed by atoms with Gasteiger partial charge < -0.3 is 14.9 Å². The third-order valence-corrected chi connectivity index (χ3v) is 5.05. The Morgan fingerprint density at radius 1 is 1.23 bits per heavy atom. The summed E-state index contributed by atoms with van der Waals surface area (Å²) >= 11 is 0. The lowest BCUT2D eigenvalue weighted by molar-refractivity contribution is -0.146. The number of rotatable bonds is 6. The van der Waals surface area contributed by atoms with Crippen LogP contribution in [0.5, 0.6) is 0 Å². The van der Waals surface area contributed by atoms with Gasteiger partial charge in [-0.25, -0.2) is 13.1 Å². The van der Waals surface area contributed by atoms with Crippen LogP contribution in [0.15, 0.2) is 0 Å². The Balaban J connectivity index is 2.72. The van der Waals surface area contributed by atoms with E-state index >= 15 is 0 Å². The third kappa shape index (κ3) is 6.56. The number of carboxylic acid groups (broad SMARTS) is 1. The van der Waals surface area contributed by atoms with Crippen LogP contribution in [0.3, 0.4) is 0 Å². The molecule has 0 spiro atoms. The van der Waals surface area contributed by atoms with Crippen LogP contribution in [0, 0.1) is 11.3 Å². The summed E-state index contributed by atoms with van der Waals surface area (Å²) in [6.45, 7) is 5.69. The first-order chi connectivity index (χ1) is 11.7. The quantitative estimate of drug-likeness (QED) is 0.642. The summed E-state index contributed by atoms with van der Waals surface area (Å²) in [7, 11) is -2.15. The van der Waals surface area contributed by atoms with Gasteiger partial charge in [0.05, 0.1) is 18.7 Å². The average Bonchev–Trinajstić information content (AvgIpc) is 2.50. The number of hydrogen-bond donors (Lipinski definition) is 2. The summed E-state index contributed by atoms with van der Waals surface area (Å²) < 4.78 is 25.5. The number of likely N-dealkylation sites (tertiary alicyclic amines) is 1. The minimum atomic E-state index is -3.60. The van der Waals surface area contributed by atoms with Crippen LogP contribution < -0.4 is 4.72 Å². The standard InChI is InChI=1S/C16H29N3O6S/c1-16(2,3)13(17-26(5,24)25)14(21)18(4)10-12(20)19-8-6-11(7-9-19)15(22)23/h11,13,17H,6-10H2,1-5H3,(H,22,23). The second kappa shape index (κ2) is 8.34. The van der Waals surface area contributed by atoms with Crippen LogP contribution in [-0.4, -0.2) is 80.1 Å². The van der Waals surface area contributed by atoms with Gasteiger partial charge in [0.2, 0.25) is 21.8 Å².